The zero-order valence-corrected chi connectivity index (χ0v) is 9.79. The van der Waals surface area contributed by atoms with Gasteiger partial charge in [0, 0.05) is 13.7 Å². The van der Waals surface area contributed by atoms with E-state index in [2.05, 4.69) is 5.32 Å². The first-order chi connectivity index (χ1) is 7.03. The van der Waals surface area contributed by atoms with Crippen LogP contribution in [0.1, 0.15) is 6.42 Å². The van der Waals surface area contributed by atoms with Gasteiger partial charge in [-0.3, -0.25) is 0 Å². The molecule has 1 saturated heterocycles. The Morgan fingerprint density at radius 1 is 1.60 bits per heavy atom. The molecule has 5 nitrogen and oxygen atoms in total. The molecule has 0 bridgehead atoms. The summed E-state index contributed by atoms with van der Waals surface area (Å²) in [7, 11) is -1.25. The highest BCUT2D eigenvalue weighted by atomic mass is 32.2. The lowest BCUT2D eigenvalue weighted by Gasteiger charge is -2.13. The minimum atomic E-state index is -2.78. The summed E-state index contributed by atoms with van der Waals surface area (Å²) < 4.78 is 27.1. The molecule has 2 unspecified atom stereocenters. The normalized spacial score (nSPS) is 26.7. The molecule has 0 amide bonds. The van der Waals surface area contributed by atoms with E-state index in [0.29, 0.717) is 25.4 Å². The number of hydrogen-bond donors (Lipinski definition) is 2. The van der Waals surface area contributed by atoms with Crippen molar-refractivity contribution < 1.29 is 18.3 Å². The van der Waals surface area contributed by atoms with Crippen LogP contribution in [-0.4, -0.2) is 57.9 Å². The quantitative estimate of drug-likeness (QED) is 0.621. The van der Waals surface area contributed by atoms with Crippen molar-refractivity contribution >= 4 is 9.84 Å². The van der Waals surface area contributed by atoms with Crippen LogP contribution in [0.3, 0.4) is 0 Å². The highest BCUT2D eigenvalue weighted by molar-refractivity contribution is 7.91. The van der Waals surface area contributed by atoms with Crippen LogP contribution >= 0.6 is 0 Å². The topological polar surface area (TPSA) is 75.6 Å². The first-order valence-electron chi connectivity index (χ1n) is 5.11. The molecule has 1 aliphatic heterocycles. The van der Waals surface area contributed by atoms with Crippen molar-refractivity contribution in [2.75, 3.05) is 38.3 Å². The van der Waals surface area contributed by atoms with Gasteiger partial charge >= 0.3 is 0 Å². The summed E-state index contributed by atoms with van der Waals surface area (Å²) >= 11 is 0. The van der Waals surface area contributed by atoms with Crippen LogP contribution in [0.4, 0.5) is 0 Å². The van der Waals surface area contributed by atoms with Crippen LogP contribution in [0.5, 0.6) is 0 Å². The largest absolute Gasteiger partial charge is 0.389 e. The maximum absolute atomic E-state index is 11.1. The number of nitrogens with one attached hydrogen (secondary N) is 1. The smallest absolute Gasteiger partial charge is 0.150 e. The van der Waals surface area contributed by atoms with Gasteiger partial charge in [0.1, 0.15) is 0 Å². The number of rotatable bonds is 6. The van der Waals surface area contributed by atoms with Gasteiger partial charge in [-0.15, -0.1) is 0 Å². The molecule has 1 aliphatic rings. The standard InChI is InChI=1S/C9H19NO4S/c1-14-6-9(11)5-10-4-8-2-3-15(12,13)7-8/h8-11H,2-7H2,1H3. The third kappa shape index (κ3) is 4.92. The van der Waals surface area contributed by atoms with Crippen LogP contribution in [0, 0.1) is 5.92 Å². The lowest BCUT2D eigenvalue weighted by atomic mass is 10.1. The SMILES string of the molecule is COCC(O)CNCC1CCS(=O)(=O)C1. The number of aliphatic hydroxyl groups is 1. The third-order valence-corrected chi connectivity index (χ3v) is 4.34. The molecule has 0 aromatic rings. The summed E-state index contributed by atoms with van der Waals surface area (Å²) in [5.74, 6) is 0.783. The molecule has 0 spiro atoms. The van der Waals surface area contributed by atoms with E-state index in [-0.39, 0.29) is 11.7 Å². The number of aliphatic hydroxyl groups excluding tert-OH is 1. The second kappa shape index (κ2) is 5.79. The Labute approximate surface area is 90.7 Å². The van der Waals surface area contributed by atoms with Crippen molar-refractivity contribution in [2.24, 2.45) is 5.92 Å². The summed E-state index contributed by atoms with van der Waals surface area (Å²) in [4.78, 5) is 0. The predicted octanol–water partition coefficient (Wildman–Crippen LogP) is -0.982. The molecule has 2 atom stereocenters. The number of hydrogen-bond acceptors (Lipinski definition) is 5. The van der Waals surface area contributed by atoms with Crippen LogP contribution in [0.25, 0.3) is 0 Å². The first-order valence-corrected chi connectivity index (χ1v) is 6.94. The Balaban J connectivity index is 2.11. The second-order valence-electron chi connectivity index (χ2n) is 4.04. The molecule has 6 heteroatoms. The van der Waals surface area contributed by atoms with E-state index in [1.54, 1.807) is 0 Å². The first kappa shape index (κ1) is 12.9. The van der Waals surface area contributed by atoms with Gasteiger partial charge in [-0.05, 0) is 18.9 Å². The van der Waals surface area contributed by atoms with E-state index >= 15 is 0 Å². The van der Waals surface area contributed by atoms with Crippen molar-refractivity contribution in [3.63, 3.8) is 0 Å². The monoisotopic (exact) mass is 237 g/mol. The van der Waals surface area contributed by atoms with Crippen LogP contribution in [-0.2, 0) is 14.6 Å². The van der Waals surface area contributed by atoms with E-state index in [0.717, 1.165) is 6.42 Å². The molecule has 1 fully saturated rings. The summed E-state index contributed by atoms with van der Waals surface area (Å²) in [6.07, 6.45) is 0.211. The Kier molecular flexibility index (Phi) is 4.98. The van der Waals surface area contributed by atoms with E-state index in [1.165, 1.54) is 7.11 Å². The molecule has 0 aromatic heterocycles. The van der Waals surface area contributed by atoms with Crippen LogP contribution in [0.2, 0.25) is 0 Å². The van der Waals surface area contributed by atoms with Gasteiger partial charge in [0.15, 0.2) is 9.84 Å². The van der Waals surface area contributed by atoms with Gasteiger partial charge in [0.25, 0.3) is 0 Å². The van der Waals surface area contributed by atoms with Gasteiger partial charge in [-0.25, -0.2) is 8.42 Å². The van der Waals surface area contributed by atoms with E-state index < -0.39 is 15.9 Å². The Morgan fingerprint density at radius 2 is 2.33 bits per heavy atom. The van der Waals surface area contributed by atoms with Gasteiger partial charge in [0.05, 0.1) is 24.2 Å². The van der Waals surface area contributed by atoms with Crippen molar-refractivity contribution in [2.45, 2.75) is 12.5 Å². The van der Waals surface area contributed by atoms with Gasteiger partial charge in [-0.1, -0.05) is 0 Å². The zero-order chi connectivity index (χ0) is 11.3. The fourth-order valence-corrected chi connectivity index (χ4v) is 3.60. The van der Waals surface area contributed by atoms with E-state index in [9.17, 15) is 13.5 Å². The summed E-state index contributed by atoms with van der Waals surface area (Å²) in [6, 6.07) is 0. The number of methoxy groups -OCH3 is 1. The lowest BCUT2D eigenvalue weighted by molar-refractivity contribution is 0.0642. The summed E-state index contributed by atoms with van der Waals surface area (Å²) in [6.45, 7) is 1.40. The van der Waals surface area contributed by atoms with E-state index in [4.69, 9.17) is 4.74 Å². The average Bonchev–Trinajstić information content (AvgIpc) is 2.46. The van der Waals surface area contributed by atoms with Crippen LogP contribution < -0.4 is 5.32 Å². The minimum Gasteiger partial charge on any atom is -0.389 e. The van der Waals surface area contributed by atoms with Crippen molar-refractivity contribution in [1.29, 1.82) is 0 Å². The van der Waals surface area contributed by atoms with Crippen molar-refractivity contribution in [1.82, 2.24) is 5.32 Å². The van der Waals surface area contributed by atoms with Crippen molar-refractivity contribution in [3.05, 3.63) is 0 Å². The molecule has 0 aromatic carbocycles. The van der Waals surface area contributed by atoms with E-state index in [1.807, 2.05) is 0 Å². The molecule has 1 heterocycles. The Morgan fingerprint density at radius 3 is 2.87 bits per heavy atom. The molecular formula is C9H19NO4S. The second-order valence-corrected chi connectivity index (χ2v) is 6.27. The highest BCUT2D eigenvalue weighted by Gasteiger charge is 2.27. The maximum atomic E-state index is 11.1. The molecule has 15 heavy (non-hydrogen) atoms. The maximum Gasteiger partial charge on any atom is 0.150 e. The molecule has 0 aliphatic carbocycles. The molecule has 2 N–H and O–H groups in total. The molecule has 0 radical (unpaired) electrons. The predicted molar refractivity (Wildman–Crippen MR) is 57.5 cm³/mol. The summed E-state index contributed by atoms with van der Waals surface area (Å²) in [5.41, 5.74) is 0. The molecule has 90 valence electrons. The van der Waals surface area contributed by atoms with Gasteiger partial charge in [-0.2, -0.15) is 0 Å². The van der Waals surface area contributed by atoms with Gasteiger partial charge in [0.2, 0.25) is 0 Å². The molecule has 0 saturated carbocycles. The summed E-state index contributed by atoms with van der Waals surface area (Å²) in [5, 5.41) is 12.4. The average molecular weight is 237 g/mol. The zero-order valence-electron chi connectivity index (χ0n) is 8.98. The van der Waals surface area contributed by atoms with Gasteiger partial charge < -0.3 is 15.2 Å². The number of ether oxygens (including phenoxy) is 1. The lowest BCUT2D eigenvalue weighted by Crippen LogP contribution is -2.33. The Bertz CT molecular complexity index is 278. The van der Waals surface area contributed by atoms with Crippen molar-refractivity contribution in [3.8, 4) is 0 Å². The fourth-order valence-electron chi connectivity index (χ4n) is 1.74. The highest BCUT2D eigenvalue weighted by Crippen LogP contribution is 2.17. The number of sulfone groups is 1. The third-order valence-electron chi connectivity index (χ3n) is 2.50. The minimum absolute atomic E-state index is 0.199. The fraction of sp³-hybridized carbons (Fsp3) is 1.00. The Hall–Kier alpha value is -0.170. The molecular weight excluding hydrogens is 218 g/mol. The van der Waals surface area contributed by atoms with Crippen LogP contribution in [0.15, 0.2) is 0 Å². The molecule has 1 rings (SSSR count).